The molecule has 0 spiro atoms. The maximum atomic E-state index is 11.8. The molecule has 1 rings (SSSR count). The van der Waals surface area contributed by atoms with Crippen LogP contribution in [0.25, 0.3) is 0 Å². The summed E-state index contributed by atoms with van der Waals surface area (Å²) in [5, 5.41) is 0.399. The van der Waals surface area contributed by atoms with Gasteiger partial charge in [-0.1, -0.05) is 11.6 Å². The predicted molar refractivity (Wildman–Crippen MR) is 81.2 cm³/mol. The van der Waals surface area contributed by atoms with Gasteiger partial charge in [-0.25, -0.2) is 4.79 Å². The second kappa shape index (κ2) is 9.23. The minimum absolute atomic E-state index is 0.191. The first-order valence-electron chi connectivity index (χ1n) is 6.91. The molecule has 0 saturated carbocycles. The molecule has 0 amide bonds. The second-order valence-electron chi connectivity index (χ2n) is 4.52. The van der Waals surface area contributed by atoms with Crippen LogP contribution in [0.3, 0.4) is 0 Å². The summed E-state index contributed by atoms with van der Waals surface area (Å²) in [5.74, 6) is -0.640. The zero-order valence-corrected chi connectivity index (χ0v) is 12.8. The van der Waals surface area contributed by atoms with Crippen LogP contribution in [0.5, 0.6) is 0 Å². The highest BCUT2D eigenvalue weighted by Gasteiger charge is 2.09. The molecule has 0 aliphatic carbocycles. The number of rotatable bonds is 8. The molecular weight excluding hydrogens is 294 g/mol. The van der Waals surface area contributed by atoms with Gasteiger partial charge in [0.05, 0.1) is 18.8 Å². The van der Waals surface area contributed by atoms with Gasteiger partial charge in [0, 0.05) is 17.1 Å². The van der Waals surface area contributed by atoms with E-state index >= 15 is 0 Å². The summed E-state index contributed by atoms with van der Waals surface area (Å²) in [6.45, 7) is 2.48. The van der Waals surface area contributed by atoms with Crippen molar-refractivity contribution in [1.82, 2.24) is 0 Å². The molecule has 0 atom stereocenters. The molecule has 1 aromatic carbocycles. The van der Waals surface area contributed by atoms with Crippen LogP contribution in [0, 0.1) is 0 Å². The zero-order chi connectivity index (χ0) is 15.7. The summed E-state index contributed by atoms with van der Waals surface area (Å²) in [4.78, 5) is 22.9. The van der Waals surface area contributed by atoms with Crippen molar-refractivity contribution in [3.63, 3.8) is 0 Å². The van der Waals surface area contributed by atoms with Crippen molar-refractivity contribution in [2.75, 3.05) is 18.9 Å². The van der Waals surface area contributed by atoms with E-state index in [2.05, 4.69) is 0 Å². The molecule has 0 bridgehead atoms. The van der Waals surface area contributed by atoms with Gasteiger partial charge in [-0.3, -0.25) is 4.79 Å². The average Bonchev–Trinajstić information content (AvgIpc) is 2.41. The maximum absolute atomic E-state index is 11.8. The summed E-state index contributed by atoms with van der Waals surface area (Å²) in [6.07, 6.45) is 2.61. The number of anilines is 1. The summed E-state index contributed by atoms with van der Waals surface area (Å²) < 4.78 is 9.94. The molecule has 21 heavy (non-hydrogen) atoms. The second-order valence-corrected chi connectivity index (χ2v) is 4.96. The number of carbonyl (C=O) groups excluding carboxylic acids is 2. The van der Waals surface area contributed by atoms with E-state index in [1.54, 1.807) is 13.0 Å². The van der Waals surface area contributed by atoms with Gasteiger partial charge in [0.25, 0.3) is 0 Å². The number of hydrogen-bond donors (Lipinski definition) is 1. The highest BCUT2D eigenvalue weighted by Crippen LogP contribution is 2.17. The summed E-state index contributed by atoms with van der Waals surface area (Å²) >= 11 is 5.82. The number of nitrogen functional groups attached to an aromatic ring is 1. The van der Waals surface area contributed by atoms with Crippen molar-refractivity contribution in [2.24, 2.45) is 0 Å². The molecule has 0 radical (unpaired) electrons. The van der Waals surface area contributed by atoms with Gasteiger partial charge < -0.3 is 15.2 Å². The highest BCUT2D eigenvalue weighted by atomic mass is 35.5. The van der Waals surface area contributed by atoms with E-state index in [0.717, 1.165) is 12.8 Å². The smallest absolute Gasteiger partial charge is 0.338 e. The van der Waals surface area contributed by atoms with Crippen LogP contribution in [-0.2, 0) is 14.3 Å². The average molecular weight is 314 g/mol. The minimum Gasteiger partial charge on any atom is -0.466 e. The van der Waals surface area contributed by atoms with Crippen LogP contribution in [0.2, 0.25) is 5.02 Å². The first-order valence-corrected chi connectivity index (χ1v) is 7.29. The van der Waals surface area contributed by atoms with Crippen molar-refractivity contribution in [3.8, 4) is 0 Å². The largest absolute Gasteiger partial charge is 0.466 e. The Balaban J connectivity index is 2.20. The lowest BCUT2D eigenvalue weighted by Crippen LogP contribution is -2.07. The fourth-order valence-electron chi connectivity index (χ4n) is 1.76. The third-order valence-electron chi connectivity index (χ3n) is 2.72. The van der Waals surface area contributed by atoms with E-state index in [9.17, 15) is 9.59 Å². The molecule has 5 nitrogen and oxygen atoms in total. The third-order valence-corrected chi connectivity index (χ3v) is 2.94. The SMILES string of the molecule is CCOC(=O)CCCCCOC(=O)c1cc(N)cc(Cl)c1. The Morgan fingerprint density at radius 1 is 1.14 bits per heavy atom. The minimum atomic E-state index is -0.449. The Bertz CT molecular complexity index is 470. The number of esters is 2. The van der Waals surface area contributed by atoms with Crippen LogP contribution < -0.4 is 5.73 Å². The topological polar surface area (TPSA) is 78.6 Å². The molecule has 0 aliphatic heterocycles. The Hall–Kier alpha value is -1.75. The summed E-state index contributed by atoms with van der Waals surface area (Å²) in [6, 6.07) is 4.60. The molecule has 6 heteroatoms. The first kappa shape index (κ1) is 17.3. The Kier molecular flexibility index (Phi) is 7.61. The van der Waals surface area contributed by atoms with Crippen molar-refractivity contribution in [1.29, 1.82) is 0 Å². The first-order chi connectivity index (χ1) is 10.0. The van der Waals surface area contributed by atoms with Gasteiger partial charge >= 0.3 is 11.9 Å². The van der Waals surface area contributed by atoms with Gasteiger partial charge in [-0.15, -0.1) is 0 Å². The molecule has 2 N–H and O–H groups in total. The van der Waals surface area contributed by atoms with Crippen LogP contribution >= 0.6 is 11.6 Å². The molecule has 0 saturated heterocycles. The normalized spacial score (nSPS) is 10.2. The van der Waals surface area contributed by atoms with Gasteiger partial charge in [-0.05, 0) is 44.4 Å². The number of carbonyl (C=O) groups is 2. The van der Waals surface area contributed by atoms with E-state index in [0.29, 0.717) is 42.3 Å². The number of halogens is 1. The highest BCUT2D eigenvalue weighted by molar-refractivity contribution is 6.31. The lowest BCUT2D eigenvalue weighted by atomic mass is 10.2. The van der Waals surface area contributed by atoms with Crippen molar-refractivity contribution >= 4 is 29.2 Å². The quantitative estimate of drug-likeness (QED) is 0.453. The zero-order valence-electron chi connectivity index (χ0n) is 12.1. The Morgan fingerprint density at radius 3 is 2.57 bits per heavy atom. The van der Waals surface area contributed by atoms with Crippen molar-refractivity contribution in [2.45, 2.75) is 32.6 Å². The van der Waals surface area contributed by atoms with Gasteiger partial charge in [0.1, 0.15) is 0 Å². The monoisotopic (exact) mass is 313 g/mol. The number of benzene rings is 1. The van der Waals surface area contributed by atoms with Crippen LogP contribution in [0.4, 0.5) is 5.69 Å². The Morgan fingerprint density at radius 2 is 1.90 bits per heavy atom. The fourth-order valence-corrected chi connectivity index (χ4v) is 2.00. The van der Waals surface area contributed by atoms with Crippen molar-refractivity contribution in [3.05, 3.63) is 28.8 Å². The standard InChI is InChI=1S/C15H20ClNO4/c1-2-20-14(18)6-4-3-5-7-21-15(19)11-8-12(16)10-13(17)9-11/h8-10H,2-7,17H2,1H3. The molecule has 1 aromatic rings. The number of ether oxygens (including phenoxy) is 2. The molecule has 0 aromatic heterocycles. The van der Waals surface area contributed by atoms with E-state index in [4.69, 9.17) is 26.8 Å². The molecule has 0 aliphatic rings. The summed E-state index contributed by atoms with van der Waals surface area (Å²) in [5.41, 5.74) is 6.37. The maximum Gasteiger partial charge on any atom is 0.338 e. The predicted octanol–water partition coefficient (Wildman–Crippen LogP) is 3.20. The van der Waals surface area contributed by atoms with Crippen molar-refractivity contribution < 1.29 is 19.1 Å². The number of unbranched alkanes of at least 4 members (excludes halogenated alkanes) is 2. The van der Waals surface area contributed by atoms with Gasteiger partial charge in [0.2, 0.25) is 0 Å². The van der Waals surface area contributed by atoms with E-state index < -0.39 is 5.97 Å². The lowest BCUT2D eigenvalue weighted by molar-refractivity contribution is -0.143. The number of hydrogen-bond acceptors (Lipinski definition) is 5. The molecule has 0 fully saturated rings. The van der Waals surface area contributed by atoms with Gasteiger partial charge in [0.15, 0.2) is 0 Å². The summed E-state index contributed by atoms with van der Waals surface area (Å²) in [7, 11) is 0. The fraction of sp³-hybridized carbons (Fsp3) is 0.467. The van der Waals surface area contributed by atoms with Crippen LogP contribution in [0.1, 0.15) is 43.0 Å². The molecular formula is C15H20ClNO4. The Labute approximate surface area is 129 Å². The van der Waals surface area contributed by atoms with Gasteiger partial charge in [-0.2, -0.15) is 0 Å². The molecule has 116 valence electrons. The van der Waals surface area contributed by atoms with Crippen LogP contribution in [0.15, 0.2) is 18.2 Å². The van der Waals surface area contributed by atoms with Crippen LogP contribution in [-0.4, -0.2) is 25.2 Å². The van der Waals surface area contributed by atoms with E-state index in [1.165, 1.54) is 12.1 Å². The van der Waals surface area contributed by atoms with E-state index in [-0.39, 0.29) is 5.97 Å². The molecule has 0 unspecified atom stereocenters. The third kappa shape index (κ3) is 6.99. The molecule has 0 heterocycles. The van der Waals surface area contributed by atoms with E-state index in [1.807, 2.05) is 0 Å². The number of nitrogens with two attached hydrogens (primary N) is 1. The lowest BCUT2D eigenvalue weighted by Gasteiger charge is -2.06.